The Morgan fingerprint density at radius 2 is 2.06 bits per heavy atom. The number of esters is 1. The molecule has 86 valence electrons. The number of carbonyl (C=O) groups is 2. The minimum Gasteiger partial charge on any atom is -0.465 e. The van der Waals surface area contributed by atoms with Gasteiger partial charge in [0.05, 0.1) is 22.5 Å². The van der Waals surface area contributed by atoms with Gasteiger partial charge in [0.2, 0.25) is 0 Å². The number of carbonyl (C=O) groups excluding carboxylic acids is 2. The van der Waals surface area contributed by atoms with Crippen molar-refractivity contribution in [3.8, 4) is 0 Å². The van der Waals surface area contributed by atoms with Crippen molar-refractivity contribution in [1.29, 1.82) is 0 Å². The quantitative estimate of drug-likeness (QED) is 0.489. The molecule has 0 fully saturated rings. The molecular formula is C11H10BrClO3. The van der Waals surface area contributed by atoms with E-state index in [4.69, 9.17) is 11.6 Å². The van der Waals surface area contributed by atoms with Gasteiger partial charge in [-0.05, 0) is 19.1 Å². The SMILES string of the molecule is COC(=O)c1ccc(C(=O)C(C)Br)cc1Cl. The number of ketones is 1. The van der Waals surface area contributed by atoms with Crippen LogP contribution in [0.2, 0.25) is 5.02 Å². The first-order valence-electron chi connectivity index (χ1n) is 4.53. The second-order valence-corrected chi connectivity index (χ2v) is 4.95. The number of alkyl halides is 1. The van der Waals surface area contributed by atoms with Crippen LogP contribution in [0, 0.1) is 0 Å². The molecule has 0 N–H and O–H groups in total. The second kappa shape index (κ2) is 5.46. The number of halogens is 2. The highest BCUT2D eigenvalue weighted by Gasteiger charge is 2.16. The van der Waals surface area contributed by atoms with Gasteiger partial charge in [-0.25, -0.2) is 4.79 Å². The number of hydrogen-bond acceptors (Lipinski definition) is 3. The number of rotatable bonds is 3. The van der Waals surface area contributed by atoms with Crippen molar-refractivity contribution in [2.75, 3.05) is 7.11 Å². The molecule has 1 unspecified atom stereocenters. The first-order chi connectivity index (χ1) is 7.47. The Bertz CT molecular complexity index is 429. The summed E-state index contributed by atoms with van der Waals surface area (Å²) in [7, 11) is 1.28. The molecule has 1 aromatic carbocycles. The third kappa shape index (κ3) is 2.83. The summed E-state index contributed by atoms with van der Waals surface area (Å²) >= 11 is 9.06. The van der Waals surface area contributed by atoms with Gasteiger partial charge in [-0.15, -0.1) is 0 Å². The third-order valence-electron chi connectivity index (χ3n) is 2.02. The summed E-state index contributed by atoms with van der Waals surface area (Å²) in [6.45, 7) is 1.73. The van der Waals surface area contributed by atoms with Crippen LogP contribution in [0.15, 0.2) is 18.2 Å². The minimum absolute atomic E-state index is 0.0849. The molecule has 0 saturated heterocycles. The van der Waals surface area contributed by atoms with Crippen LogP contribution in [0.5, 0.6) is 0 Å². The number of benzene rings is 1. The van der Waals surface area contributed by atoms with Gasteiger partial charge in [0.25, 0.3) is 0 Å². The Labute approximate surface area is 107 Å². The van der Waals surface area contributed by atoms with E-state index in [0.717, 1.165) is 0 Å². The molecule has 0 aliphatic carbocycles. The zero-order valence-electron chi connectivity index (χ0n) is 8.79. The van der Waals surface area contributed by atoms with Crippen LogP contribution in [0.1, 0.15) is 27.6 Å². The van der Waals surface area contributed by atoms with Crippen LogP contribution in [-0.4, -0.2) is 23.7 Å². The zero-order chi connectivity index (χ0) is 12.3. The Morgan fingerprint density at radius 3 is 2.50 bits per heavy atom. The summed E-state index contributed by atoms with van der Waals surface area (Å²) in [6.07, 6.45) is 0. The Hall–Kier alpha value is -0.870. The fourth-order valence-electron chi connectivity index (χ4n) is 1.17. The molecule has 0 heterocycles. The highest BCUT2D eigenvalue weighted by Crippen LogP contribution is 2.20. The molecule has 0 bridgehead atoms. The van der Waals surface area contributed by atoms with E-state index in [9.17, 15) is 9.59 Å². The Kier molecular flexibility index (Phi) is 4.50. The number of methoxy groups -OCH3 is 1. The van der Waals surface area contributed by atoms with Crippen molar-refractivity contribution < 1.29 is 14.3 Å². The van der Waals surface area contributed by atoms with Gasteiger partial charge in [0.1, 0.15) is 0 Å². The molecule has 0 spiro atoms. The van der Waals surface area contributed by atoms with Crippen molar-refractivity contribution in [2.24, 2.45) is 0 Å². The van der Waals surface area contributed by atoms with Crippen molar-refractivity contribution in [3.63, 3.8) is 0 Å². The van der Waals surface area contributed by atoms with Crippen LogP contribution in [0.4, 0.5) is 0 Å². The van der Waals surface area contributed by atoms with Gasteiger partial charge in [-0.1, -0.05) is 33.6 Å². The standard InChI is InChI=1S/C11H10BrClO3/c1-6(12)10(14)7-3-4-8(9(13)5-7)11(15)16-2/h3-6H,1-2H3. The van der Waals surface area contributed by atoms with Crippen molar-refractivity contribution in [2.45, 2.75) is 11.8 Å². The van der Waals surface area contributed by atoms with Crippen molar-refractivity contribution in [3.05, 3.63) is 34.3 Å². The van der Waals surface area contributed by atoms with Crippen molar-refractivity contribution in [1.82, 2.24) is 0 Å². The zero-order valence-corrected chi connectivity index (χ0v) is 11.1. The third-order valence-corrected chi connectivity index (χ3v) is 2.75. The van der Waals surface area contributed by atoms with Gasteiger partial charge in [-0.2, -0.15) is 0 Å². The molecule has 1 atom stereocenters. The van der Waals surface area contributed by atoms with Crippen LogP contribution in [0.25, 0.3) is 0 Å². The molecule has 0 aromatic heterocycles. The molecule has 0 radical (unpaired) electrons. The second-order valence-electron chi connectivity index (χ2n) is 3.17. The first kappa shape index (κ1) is 13.2. The molecular weight excluding hydrogens is 295 g/mol. The van der Waals surface area contributed by atoms with Gasteiger partial charge in [0.15, 0.2) is 5.78 Å². The van der Waals surface area contributed by atoms with Gasteiger partial charge in [-0.3, -0.25) is 4.79 Å². The van der Waals surface area contributed by atoms with Crippen LogP contribution in [0.3, 0.4) is 0 Å². The van der Waals surface area contributed by atoms with Gasteiger partial charge < -0.3 is 4.74 Å². The molecule has 1 rings (SSSR count). The van der Waals surface area contributed by atoms with Crippen LogP contribution >= 0.6 is 27.5 Å². The molecule has 5 heteroatoms. The van der Waals surface area contributed by atoms with E-state index in [2.05, 4.69) is 20.7 Å². The van der Waals surface area contributed by atoms with Gasteiger partial charge in [0, 0.05) is 5.56 Å². The summed E-state index contributed by atoms with van der Waals surface area (Å²) in [5, 5.41) is 0.214. The average Bonchev–Trinajstić information content (AvgIpc) is 2.26. The summed E-state index contributed by atoms with van der Waals surface area (Å²) in [5.74, 6) is -0.603. The first-order valence-corrected chi connectivity index (χ1v) is 5.83. The maximum Gasteiger partial charge on any atom is 0.339 e. The van der Waals surface area contributed by atoms with E-state index in [1.807, 2.05) is 0 Å². The molecule has 1 aromatic rings. The lowest BCUT2D eigenvalue weighted by atomic mass is 10.1. The monoisotopic (exact) mass is 304 g/mol. The number of ether oxygens (including phenoxy) is 1. The van der Waals surface area contributed by atoms with E-state index in [0.29, 0.717) is 5.56 Å². The summed E-state index contributed by atoms with van der Waals surface area (Å²) in [6, 6.07) is 4.50. The lowest BCUT2D eigenvalue weighted by molar-refractivity contribution is 0.0600. The fraction of sp³-hybridized carbons (Fsp3) is 0.273. The van der Waals surface area contributed by atoms with E-state index >= 15 is 0 Å². The average molecular weight is 306 g/mol. The Morgan fingerprint density at radius 1 is 1.44 bits per heavy atom. The molecule has 0 aliphatic rings. The normalized spacial score (nSPS) is 12.0. The van der Waals surface area contributed by atoms with Crippen LogP contribution < -0.4 is 0 Å². The maximum atomic E-state index is 11.6. The largest absolute Gasteiger partial charge is 0.465 e. The maximum absolute atomic E-state index is 11.6. The highest BCUT2D eigenvalue weighted by molar-refractivity contribution is 9.10. The molecule has 16 heavy (non-hydrogen) atoms. The Balaban J connectivity index is 3.09. The summed E-state index contributed by atoms with van der Waals surface area (Å²) in [4.78, 5) is 22.6. The van der Waals surface area contributed by atoms with E-state index < -0.39 is 5.97 Å². The number of hydrogen-bond donors (Lipinski definition) is 0. The van der Waals surface area contributed by atoms with Crippen molar-refractivity contribution >= 4 is 39.3 Å². The predicted octanol–water partition coefficient (Wildman–Crippen LogP) is 3.09. The fourth-order valence-corrected chi connectivity index (χ4v) is 1.70. The minimum atomic E-state index is -0.518. The topological polar surface area (TPSA) is 43.4 Å². The number of Topliss-reactive ketones (excluding diaryl/α,β-unsaturated/α-hetero) is 1. The van der Waals surface area contributed by atoms with E-state index in [1.54, 1.807) is 13.0 Å². The highest BCUT2D eigenvalue weighted by atomic mass is 79.9. The molecule has 0 aliphatic heterocycles. The predicted molar refractivity (Wildman–Crippen MR) is 65.5 cm³/mol. The van der Waals surface area contributed by atoms with E-state index in [1.165, 1.54) is 19.2 Å². The lowest BCUT2D eigenvalue weighted by Crippen LogP contribution is -2.11. The smallest absolute Gasteiger partial charge is 0.339 e. The summed E-state index contributed by atoms with van der Waals surface area (Å²) in [5.41, 5.74) is 0.713. The van der Waals surface area contributed by atoms with Crippen LogP contribution in [-0.2, 0) is 4.74 Å². The molecule has 3 nitrogen and oxygen atoms in total. The summed E-state index contributed by atoms with van der Waals surface area (Å²) < 4.78 is 4.55. The lowest BCUT2D eigenvalue weighted by Gasteiger charge is -2.06. The molecule has 0 saturated carbocycles. The van der Waals surface area contributed by atoms with Gasteiger partial charge >= 0.3 is 5.97 Å². The molecule has 0 amide bonds. The van der Waals surface area contributed by atoms with E-state index in [-0.39, 0.29) is 21.2 Å².